The molecule has 1 N–H and O–H groups in total. The molecule has 0 saturated heterocycles. The van der Waals surface area contributed by atoms with Crippen LogP contribution in [-0.4, -0.2) is 15.0 Å². The second-order valence-electron chi connectivity index (χ2n) is 3.82. The van der Waals surface area contributed by atoms with Gasteiger partial charge < -0.3 is 5.32 Å². The molecular weight excluding hydrogens is 232 g/mol. The van der Waals surface area contributed by atoms with Crippen LogP contribution in [0.5, 0.6) is 0 Å². The molecule has 4 nitrogen and oxygen atoms in total. The van der Waals surface area contributed by atoms with E-state index in [0.29, 0.717) is 0 Å². The molecule has 2 aromatic rings. The van der Waals surface area contributed by atoms with E-state index in [9.17, 15) is 0 Å². The van der Waals surface area contributed by atoms with E-state index >= 15 is 0 Å². The molecule has 0 aliphatic carbocycles. The summed E-state index contributed by atoms with van der Waals surface area (Å²) in [6.07, 6.45) is 6.34. The van der Waals surface area contributed by atoms with Gasteiger partial charge in [0.2, 0.25) is 0 Å². The quantitative estimate of drug-likeness (QED) is 0.882. The molecule has 2 aromatic heterocycles. The van der Waals surface area contributed by atoms with Gasteiger partial charge in [0.15, 0.2) is 0 Å². The molecule has 0 spiro atoms. The van der Waals surface area contributed by atoms with Gasteiger partial charge in [-0.05, 0) is 19.4 Å². The van der Waals surface area contributed by atoms with Gasteiger partial charge in [-0.15, -0.1) is 11.3 Å². The van der Waals surface area contributed by atoms with Crippen molar-refractivity contribution in [3.8, 4) is 0 Å². The van der Waals surface area contributed by atoms with Crippen LogP contribution in [0.15, 0.2) is 24.8 Å². The van der Waals surface area contributed by atoms with Crippen molar-refractivity contribution < 1.29 is 0 Å². The van der Waals surface area contributed by atoms with Crippen LogP contribution in [-0.2, 0) is 13.0 Å². The first-order valence-electron chi connectivity index (χ1n) is 5.72. The number of nitrogens with one attached hydrogen (secondary N) is 1. The SMILES string of the molecule is CCc1cnc(C(C)NCc2ccncn2)s1. The molecule has 17 heavy (non-hydrogen) atoms. The maximum absolute atomic E-state index is 4.42. The standard InChI is InChI=1S/C12H16N4S/c1-3-11-7-15-12(17-11)9(2)14-6-10-4-5-13-8-16-10/h4-5,7-9,14H,3,6H2,1-2H3. The molecule has 2 heterocycles. The van der Waals surface area contributed by atoms with Crippen molar-refractivity contribution >= 4 is 11.3 Å². The molecule has 0 amide bonds. The predicted molar refractivity (Wildman–Crippen MR) is 68.8 cm³/mol. The summed E-state index contributed by atoms with van der Waals surface area (Å²) in [5.41, 5.74) is 0.999. The Bertz CT molecular complexity index is 455. The largest absolute Gasteiger partial charge is 0.302 e. The smallest absolute Gasteiger partial charge is 0.115 e. The Morgan fingerprint density at radius 2 is 2.29 bits per heavy atom. The number of rotatable bonds is 5. The van der Waals surface area contributed by atoms with Gasteiger partial charge in [-0.1, -0.05) is 6.92 Å². The summed E-state index contributed by atoms with van der Waals surface area (Å²) in [7, 11) is 0. The average molecular weight is 248 g/mol. The molecule has 0 radical (unpaired) electrons. The molecule has 0 fully saturated rings. The fraction of sp³-hybridized carbons (Fsp3) is 0.417. The highest BCUT2D eigenvalue weighted by atomic mass is 32.1. The Balaban J connectivity index is 1.91. The van der Waals surface area contributed by atoms with Crippen LogP contribution in [0.4, 0.5) is 0 Å². The molecular formula is C12H16N4S. The first kappa shape index (κ1) is 12.1. The molecule has 5 heteroatoms. The number of hydrogen-bond acceptors (Lipinski definition) is 5. The van der Waals surface area contributed by atoms with Crippen LogP contribution in [0.3, 0.4) is 0 Å². The van der Waals surface area contributed by atoms with Crippen LogP contribution in [0.2, 0.25) is 0 Å². The summed E-state index contributed by atoms with van der Waals surface area (Å²) in [5, 5.41) is 4.55. The summed E-state index contributed by atoms with van der Waals surface area (Å²) < 4.78 is 0. The number of thiazole rings is 1. The fourth-order valence-electron chi connectivity index (χ4n) is 1.45. The Hall–Kier alpha value is -1.33. The van der Waals surface area contributed by atoms with Crippen LogP contribution >= 0.6 is 11.3 Å². The zero-order valence-corrected chi connectivity index (χ0v) is 10.9. The van der Waals surface area contributed by atoms with Crippen LogP contribution < -0.4 is 5.32 Å². The van der Waals surface area contributed by atoms with Crippen molar-refractivity contribution in [3.63, 3.8) is 0 Å². The van der Waals surface area contributed by atoms with Crippen LogP contribution in [0.1, 0.15) is 35.5 Å². The number of hydrogen-bond donors (Lipinski definition) is 1. The Morgan fingerprint density at radius 1 is 1.41 bits per heavy atom. The van der Waals surface area contributed by atoms with Crippen LogP contribution in [0, 0.1) is 0 Å². The monoisotopic (exact) mass is 248 g/mol. The van der Waals surface area contributed by atoms with Gasteiger partial charge >= 0.3 is 0 Å². The van der Waals surface area contributed by atoms with Gasteiger partial charge in [0.25, 0.3) is 0 Å². The van der Waals surface area contributed by atoms with Gasteiger partial charge in [0.1, 0.15) is 11.3 Å². The lowest BCUT2D eigenvalue weighted by Crippen LogP contribution is -2.18. The van der Waals surface area contributed by atoms with Gasteiger partial charge in [-0.2, -0.15) is 0 Å². The van der Waals surface area contributed by atoms with Crippen molar-refractivity contribution in [2.45, 2.75) is 32.9 Å². The van der Waals surface area contributed by atoms with E-state index in [0.717, 1.165) is 23.7 Å². The normalized spacial score (nSPS) is 12.6. The summed E-state index contributed by atoms with van der Waals surface area (Å²) in [5.74, 6) is 0. The third-order valence-electron chi connectivity index (χ3n) is 2.52. The average Bonchev–Trinajstić information content (AvgIpc) is 2.86. The molecule has 0 aromatic carbocycles. The van der Waals surface area contributed by atoms with E-state index in [2.05, 4.69) is 34.1 Å². The van der Waals surface area contributed by atoms with E-state index in [-0.39, 0.29) is 6.04 Å². The number of aromatic nitrogens is 3. The van der Waals surface area contributed by atoms with Crippen molar-refractivity contribution in [2.24, 2.45) is 0 Å². The number of nitrogens with zero attached hydrogens (tertiary/aromatic N) is 3. The highest BCUT2D eigenvalue weighted by Gasteiger charge is 2.09. The Kier molecular flexibility index (Phi) is 4.17. The van der Waals surface area contributed by atoms with Gasteiger partial charge in [0.05, 0.1) is 11.7 Å². The van der Waals surface area contributed by atoms with Gasteiger partial charge in [0, 0.05) is 23.8 Å². The molecule has 0 aliphatic rings. The second kappa shape index (κ2) is 5.84. The molecule has 0 aliphatic heterocycles. The topological polar surface area (TPSA) is 50.7 Å². The molecule has 2 rings (SSSR count). The highest BCUT2D eigenvalue weighted by molar-refractivity contribution is 7.11. The maximum Gasteiger partial charge on any atom is 0.115 e. The highest BCUT2D eigenvalue weighted by Crippen LogP contribution is 2.20. The predicted octanol–water partition coefficient (Wildman–Crippen LogP) is 2.35. The van der Waals surface area contributed by atoms with E-state index in [1.165, 1.54) is 4.88 Å². The van der Waals surface area contributed by atoms with Gasteiger partial charge in [-0.25, -0.2) is 15.0 Å². The Morgan fingerprint density at radius 3 is 2.94 bits per heavy atom. The van der Waals surface area contributed by atoms with E-state index in [4.69, 9.17) is 0 Å². The Labute approximate surface area is 105 Å². The van der Waals surface area contributed by atoms with Gasteiger partial charge in [-0.3, -0.25) is 0 Å². The minimum absolute atomic E-state index is 0.260. The molecule has 90 valence electrons. The summed E-state index contributed by atoms with van der Waals surface area (Å²) in [6.45, 7) is 5.01. The second-order valence-corrected chi connectivity index (χ2v) is 4.97. The molecule has 0 bridgehead atoms. The minimum Gasteiger partial charge on any atom is -0.302 e. The van der Waals surface area contributed by atoms with Crippen LogP contribution in [0.25, 0.3) is 0 Å². The molecule has 1 unspecified atom stereocenters. The zero-order valence-electron chi connectivity index (χ0n) is 10.1. The first-order chi connectivity index (χ1) is 8.29. The third kappa shape index (κ3) is 3.31. The fourth-order valence-corrected chi connectivity index (χ4v) is 2.34. The van der Waals surface area contributed by atoms with E-state index < -0.39 is 0 Å². The maximum atomic E-state index is 4.42. The van der Waals surface area contributed by atoms with E-state index in [1.807, 2.05) is 12.3 Å². The number of aryl methyl sites for hydroxylation is 1. The van der Waals surface area contributed by atoms with E-state index in [1.54, 1.807) is 23.9 Å². The van der Waals surface area contributed by atoms with Crippen molar-refractivity contribution in [1.29, 1.82) is 0 Å². The minimum atomic E-state index is 0.260. The summed E-state index contributed by atoms with van der Waals surface area (Å²) >= 11 is 1.77. The first-order valence-corrected chi connectivity index (χ1v) is 6.54. The van der Waals surface area contributed by atoms with Crippen molar-refractivity contribution in [3.05, 3.63) is 40.4 Å². The zero-order chi connectivity index (χ0) is 12.1. The van der Waals surface area contributed by atoms with Crippen molar-refractivity contribution in [1.82, 2.24) is 20.3 Å². The molecule has 1 atom stereocenters. The van der Waals surface area contributed by atoms with Crippen molar-refractivity contribution in [2.75, 3.05) is 0 Å². The lowest BCUT2D eigenvalue weighted by molar-refractivity contribution is 0.564. The lowest BCUT2D eigenvalue weighted by Gasteiger charge is -2.10. The summed E-state index contributed by atoms with van der Waals surface area (Å²) in [4.78, 5) is 13.8. The summed E-state index contributed by atoms with van der Waals surface area (Å²) in [6, 6.07) is 2.18. The lowest BCUT2D eigenvalue weighted by atomic mass is 10.3. The third-order valence-corrected chi connectivity index (χ3v) is 3.85. The molecule has 0 saturated carbocycles.